The van der Waals surface area contributed by atoms with E-state index in [-0.39, 0.29) is 11.4 Å². The molecule has 2 aliphatic heterocycles. The Kier molecular flexibility index (Phi) is 6.53. The van der Waals surface area contributed by atoms with E-state index < -0.39 is 82.3 Å². The second-order valence-corrected chi connectivity index (χ2v) is 14.4. The fourth-order valence-electron chi connectivity index (χ4n) is 7.48. The summed E-state index contributed by atoms with van der Waals surface area (Å²) in [5.74, 6) is -2.62. The van der Waals surface area contributed by atoms with Gasteiger partial charge in [-0.3, -0.25) is 20.0 Å². The third-order valence-electron chi connectivity index (χ3n) is 7.84. The van der Waals surface area contributed by atoms with Crippen LogP contribution in [0.25, 0.3) is 0 Å². The molecule has 2 atom stereocenters. The van der Waals surface area contributed by atoms with Crippen LogP contribution in [-0.4, -0.2) is 81.0 Å². The van der Waals surface area contributed by atoms with Gasteiger partial charge in [0, 0.05) is 24.2 Å². The van der Waals surface area contributed by atoms with Crippen LogP contribution in [0.2, 0.25) is 0 Å². The number of amides is 2. The molecule has 1 unspecified atom stereocenters. The SMILES string of the molecule is CN1C[C@]2(C(N(C(=O)O)C(=O)O)=NC(C)(c3cc([N+](=O)[O-])ccc3F)CS2(=O)=O)C1(C(C)(C)C)C(C)(C)C. The molecule has 1 fully saturated rings. The zero-order valence-electron chi connectivity index (χ0n) is 22.6. The number of nitrogens with zero attached hydrogens (tertiary/aromatic N) is 4. The molecule has 2 aliphatic rings. The molecular weight excluding hydrogens is 523 g/mol. The topological polar surface area (TPSA) is 171 Å². The highest BCUT2D eigenvalue weighted by Gasteiger charge is 2.82. The van der Waals surface area contributed by atoms with E-state index in [9.17, 15) is 38.3 Å². The van der Waals surface area contributed by atoms with Crippen LogP contribution in [0.1, 0.15) is 54.0 Å². The molecule has 0 aliphatic carbocycles. The van der Waals surface area contributed by atoms with E-state index in [1.165, 1.54) is 6.92 Å². The van der Waals surface area contributed by atoms with Gasteiger partial charge in [-0.2, -0.15) is 4.90 Å². The number of non-ortho nitro benzene ring substituents is 1. The van der Waals surface area contributed by atoms with Crippen molar-refractivity contribution in [2.24, 2.45) is 15.8 Å². The van der Waals surface area contributed by atoms with E-state index in [4.69, 9.17) is 0 Å². The minimum atomic E-state index is -4.54. The maximum Gasteiger partial charge on any atom is 0.422 e. The van der Waals surface area contributed by atoms with Gasteiger partial charge in [-0.25, -0.2) is 22.4 Å². The summed E-state index contributed by atoms with van der Waals surface area (Å²) in [5, 5.41) is 31.3. The Morgan fingerprint density at radius 3 is 2.03 bits per heavy atom. The van der Waals surface area contributed by atoms with Crippen LogP contribution in [0, 0.1) is 26.8 Å². The number of nitro groups is 1. The predicted octanol–water partition coefficient (Wildman–Crippen LogP) is 3.95. The second kappa shape index (κ2) is 8.43. The number of benzene rings is 1. The average molecular weight is 557 g/mol. The number of hydrogen-bond donors (Lipinski definition) is 2. The highest BCUT2D eigenvalue weighted by Crippen LogP contribution is 2.65. The van der Waals surface area contributed by atoms with Crippen LogP contribution in [0.5, 0.6) is 0 Å². The molecule has 3 rings (SSSR count). The minimum absolute atomic E-state index is 0.122. The van der Waals surface area contributed by atoms with E-state index in [1.807, 2.05) is 0 Å². The summed E-state index contributed by atoms with van der Waals surface area (Å²) >= 11 is 0. The highest BCUT2D eigenvalue weighted by atomic mass is 32.2. The molecule has 210 valence electrons. The molecule has 1 spiro atoms. The summed E-state index contributed by atoms with van der Waals surface area (Å²) in [7, 11) is -2.86. The zero-order chi connectivity index (χ0) is 29.4. The monoisotopic (exact) mass is 556 g/mol. The largest absolute Gasteiger partial charge is 0.464 e. The Bertz CT molecular complexity index is 1340. The Balaban J connectivity index is 2.57. The van der Waals surface area contributed by atoms with E-state index in [2.05, 4.69) is 4.99 Å². The van der Waals surface area contributed by atoms with Crippen LogP contribution in [0.4, 0.5) is 19.7 Å². The molecule has 2 amide bonds. The molecule has 1 aromatic rings. The first-order chi connectivity index (χ1) is 17.0. The Morgan fingerprint density at radius 1 is 1.13 bits per heavy atom. The summed E-state index contributed by atoms with van der Waals surface area (Å²) in [5.41, 5.74) is -6.21. The van der Waals surface area contributed by atoms with Gasteiger partial charge in [-0.15, -0.1) is 0 Å². The van der Waals surface area contributed by atoms with Crippen LogP contribution in [-0.2, 0) is 15.4 Å². The number of likely N-dealkylation sites (tertiary alicyclic amines) is 1. The number of hydrogen-bond acceptors (Lipinski definition) is 8. The van der Waals surface area contributed by atoms with E-state index in [0.29, 0.717) is 0 Å². The maximum absolute atomic E-state index is 15.1. The molecule has 12 nitrogen and oxygen atoms in total. The third kappa shape index (κ3) is 3.63. The number of halogens is 1. The number of rotatable bonds is 2. The number of imide groups is 1. The Morgan fingerprint density at radius 2 is 1.63 bits per heavy atom. The van der Waals surface area contributed by atoms with Gasteiger partial charge in [0.1, 0.15) is 17.2 Å². The number of carboxylic acid groups (broad SMARTS) is 2. The Labute approximate surface area is 220 Å². The van der Waals surface area contributed by atoms with Crippen molar-refractivity contribution in [3.63, 3.8) is 0 Å². The van der Waals surface area contributed by atoms with Gasteiger partial charge in [0.2, 0.25) is 0 Å². The minimum Gasteiger partial charge on any atom is -0.464 e. The van der Waals surface area contributed by atoms with E-state index >= 15 is 4.39 Å². The summed E-state index contributed by atoms with van der Waals surface area (Å²) in [6.45, 7) is 11.6. The first kappa shape index (κ1) is 29.4. The lowest BCUT2D eigenvalue weighted by Crippen LogP contribution is -2.93. The van der Waals surface area contributed by atoms with Gasteiger partial charge in [0.25, 0.3) is 5.69 Å². The fraction of sp³-hybridized carbons (Fsp3) is 0.625. The lowest BCUT2D eigenvalue weighted by Gasteiger charge is -2.75. The van der Waals surface area contributed by atoms with Gasteiger partial charge < -0.3 is 10.2 Å². The summed E-state index contributed by atoms with van der Waals surface area (Å²) in [4.78, 5) is 41.3. The van der Waals surface area contributed by atoms with Crippen molar-refractivity contribution in [2.75, 3.05) is 19.3 Å². The average Bonchev–Trinajstić information content (AvgIpc) is 2.67. The summed E-state index contributed by atoms with van der Waals surface area (Å²) in [6.07, 6.45) is -3.97. The smallest absolute Gasteiger partial charge is 0.422 e. The molecule has 0 radical (unpaired) electrons. The van der Waals surface area contributed by atoms with Gasteiger partial charge in [0.15, 0.2) is 14.6 Å². The molecule has 1 aromatic carbocycles. The van der Waals surface area contributed by atoms with Crippen LogP contribution in [0.3, 0.4) is 0 Å². The van der Waals surface area contributed by atoms with E-state index in [1.54, 1.807) is 53.5 Å². The molecule has 0 aromatic heterocycles. The fourth-order valence-corrected chi connectivity index (χ4v) is 10.7. The number of carbonyl (C=O) groups is 2. The predicted molar refractivity (Wildman–Crippen MR) is 137 cm³/mol. The summed E-state index contributed by atoms with van der Waals surface area (Å²) in [6, 6.07) is 2.53. The van der Waals surface area contributed by atoms with Crippen LogP contribution >= 0.6 is 0 Å². The van der Waals surface area contributed by atoms with Gasteiger partial charge in [-0.1, -0.05) is 41.5 Å². The third-order valence-corrected chi connectivity index (χ3v) is 10.4. The molecule has 1 saturated heterocycles. The van der Waals surface area contributed by atoms with Crippen molar-refractivity contribution >= 4 is 33.5 Å². The van der Waals surface area contributed by atoms with Crippen molar-refractivity contribution in [1.29, 1.82) is 0 Å². The molecule has 14 heteroatoms. The van der Waals surface area contributed by atoms with Crippen molar-refractivity contribution in [3.05, 3.63) is 39.7 Å². The van der Waals surface area contributed by atoms with Crippen molar-refractivity contribution in [2.45, 2.75) is 64.3 Å². The first-order valence-electron chi connectivity index (χ1n) is 11.8. The number of amidine groups is 1. The van der Waals surface area contributed by atoms with Gasteiger partial charge >= 0.3 is 12.2 Å². The quantitative estimate of drug-likeness (QED) is 0.404. The van der Waals surface area contributed by atoms with Crippen LogP contribution in [0.15, 0.2) is 23.2 Å². The standard InChI is InChI=1S/C24H33FN4O8S/c1-20(2,3)24(21(4,5)6)23(12-27(24)8)17(28(18(30)31)19(32)33)26-22(7,13-38(23,36)37)15-11-14(29(34)35)9-10-16(15)25/h9-11H,12-13H2,1-8H3,(H,30,31)(H,32,33)/t22?,23-/m0/s1. The Hall–Kier alpha value is -3.13. The molecule has 0 saturated carbocycles. The molecule has 2 heterocycles. The number of nitro benzene ring substituents is 1. The zero-order valence-corrected chi connectivity index (χ0v) is 23.4. The lowest BCUT2D eigenvalue weighted by molar-refractivity contribution is -0.385. The second-order valence-electron chi connectivity index (χ2n) is 12.2. The highest BCUT2D eigenvalue weighted by molar-refractivity contribution is 7.94. The van der Waals surface area contributed by atoms with Gasteiger partial charge in [-0.05, 0) is 30.9 Å². The van der Waals surface area contributed by atoms with Crippen molar-refractivity contribution in [1.82, 2.24) is 9.80 Å². The van der Waals surface area contributed by atoms with Crippen molar-refractivity contribution in [3.8, 4) is 0 Å². The normalized spacial score (nSPS) is 26.8. The summed E-state index contributed by atoms with van der Waals surface area (Å²) < 4.78 is 42.1. The molecular formula is C24H33FN4O8S. The first-order valence-corrected chi connectivity index (χ1v) is 13.4. The molecule has 2 N–H and O–H groups in total. The number of aliphatic imine (C=N–C) groups is 1. The lowest BCUT2D eigenvalue weighted by atomic mass is 9.48. The van der Waals surface area contributed by atoms with Gasteiger partial charge in [0.05, 0.1) is 16.2 Å². The van der Waals surface area contributed by atoms with Crippen LogP contribution < -0.4 is 0 Å². The van der Waals surface area contributed by atoms with E-state index in [0.717, 1.165) is 18.2 Å². The maximum atomic E-state index is 15.1. The molecule has 0 bridgehead atoms. The molecule has 38 heavy (non-hydrogen) atoms. The number of sulfone groups is 1. The van der Waals surface area contributed by atoms with Crippen molar-refractivity contribution < 1.29 is 37.5 Å².